The van der Waals surface area contributed by atoms with E-state index in [9.17, 15) is 18.0 Å². The van der Waals surface area contributed by atoms with Crippen LogP contribution in [0.5, 0.6) is 0 Å². The highest BCUT2D eigenvalue weighted by atomic mass is 32.3. The number of fused-ring (bicyclic) bond motifs is 2. The molecule has 3 saturated heterocycles. The van der Waals surface area contributed by atoms with Gasteiger partial charge in [-0.3, -0.25) is 14.2 Å². The van der Waals surface area contributed by atoms with Crippen molar-refractivity contribution in [3.05, 3.63) is 0 Å². The van der Waals surface area contributed by atoms with Crippen molar-refractivity contribution < 1.29 is 31.7 Å². The number of piperidine rings is 1. The van der Waals surface area contributed by atoms with Crippen LogP contribution in [-0.2, 0) is 24.3 Å². The Labute approximate surface area is 139 Å². The number of hydrogen-bond acceptors (Lipinski definition) is 7. The highest BCUT2D eigenvalue weighted by Crippen LogP contribution is 2.30. The van der Waals surface area contributed by atoms with Crippen LogP contribution in [0.15, 0.2) is 0 Å². The number of nitrogens with one attached hydrogen (secondary N) is 2. The lowest BCUT2D eigenvalue weighted by molar-refractivity contribution is -0.142. The maximum atomic E-state index is 12.3. The number of carbonyl (C=O) groups is 2. The predicted molar refractivity (Wildman–Crippen MR) is 78.5 cm³/mol. The van der Waals surface area contributed by atoms with Gasteiger partial charge in [0.15, 0.2) is 0 Å². The van der Waals surface area contributed by atoms with Crippen LogP contribution >= 0.6 is 0 Å². The summed E-state index contributed by atoms with van der Waals surface area (Å²) in [4.78, 5) is 31.1. The average Bonchev–Trinajstić information content (AvgIpc) is 3.02. The minimum Gasteiger partial charge on any atom is -0.311 e. The molecule has 0 radical (unpaired) electrons. The maximum Gasteiger partial charge on any atom is 0.418 e. The molecule has 0 aromatic rings. The van der Waals surface area contributed by atoms with E-state index in [2.05, 4.69) is 15.1 Å². The van der Waals surface area contributed by atoms with E-state index in [1.807, 2.05) is 6.92 Å². The molecule has 2 bridgehead atoms. The number of hydrogen-bond donors (Lipinski definition) is 3. The Bertz CT molecular complexity index is 627. The van der Waals surface area contributed by atoms with Gasteiger partial charge in [-0.1, -0.05) is 0 Å². The van der Waals surface area contributed by atoms with E-state index >= 15 is 0 Å². The molecule has 3 N–H and O–H groups in total. The molecule has 24 heavy (non-hydrogen) atoms. The fourth-order valence-corrected chi connectivity index (χ4v) is 3.69. The second-order valence-corrected chi connectivity index (χ2v) is 7.27. The fourth-order valence-electron chi connectivity index (χ4n) is 3.30. The van der Waals surface area contributed by atoms with E-state index in [1.165, 1.54) is 4.90 Å². The Kier molecular flexibility index (Phi) is 4.66. The molecule has 3 heterocycles. The standard InChI is InChI=1S/C12H20N4O7S/c1-7-4-9(5-13-7)22-14-11(17)10-3-2-8-6-15(10)12(18)16(8)23-24(19,20)21/h7-10,13H,2-6H2,1H3,(H,14,17)(H,19,20,21)/t7-,8+,9?,10-/m0/s1. The van der Waals surface area contributed by atoms with Crippen LogP contribution in [-0.4, -0.2) is 72.2 Å². The molecular formula is C12H20N4O7S. The summed E-state index contributed by atoms with van der Waals surface area (Å²) >= 11 is 0. The first-order chi connectivity index (χ1) is 11.2. The zero-order valence-electron chi connectivity index (χ0n) is 13.0. The maximum absolute atomic E-state index is 12.3. The van der Waals surface area contributed by atoms with Gasteiger partial charge < -0.3 is 10.2 Å². The van der Waals surface area contributed by atoms with Crippen LogP contribution in [0.1, 0.15) is 26.2 Å². The number of hydroxylamine groups is 3. The molecule has 0 aromatic heterocycles. The summed E-state index contributed by atoms with van der Waals surface area (Å²) in [6.07, 6.45) is 1.36. The molecule has 3 fully saturated rings. The van der Waals surface area contributed by atoms with Gasteiger partial charge in [-0.15, -0.1) is 4.28 Å². The van der Waals surface area contributed by atoms with Crippen LogP contribution < -0.4 is 10.8 Å². The molecule has 3 aliphatic rings. The SMILES string of the molecule is C[C@H]1CC(ONC(=O)[C@@H]2CC[C@@H]3CN2C(=O)N3OS(=O)(=O)O)CN1. The molecule has 12 heteroatoms. The van der Waals surface area contributed by atoms with Gasteiger partial charge in [0.25, 0.3) is 5.91 Å². The largest absolute Gasteiger partial charge is 0.418 e. The van der Waals surface area contributed by atoms with E-state index < -0.39 is 34.4 Å². The first kappa shape index (κ1) is 17.4. The van der Waals surface area contributed by atoms with Crippen molar-refractivity contribution >= 4 is 22.3 Å². The third-order valence-electron chi connectivity index (χ3n) is 4.44. The van der Waals surface area contributed by atoms with Crippen molar-refractivity contribution in [2.75, 3.05) is 13.1 Å². The van der Waals surface area contributed by atoms with Gasteiger partial charge in [-0.25, -0.2) is 10.3 Å². The second kappa shape index (κ2) is 6.44. The van der Waals surface area contributed by atoms with E-state index in [4.69, 9.17) is 9.39 Å². The van der Waals surface area contributed by atoms with Crippen molar-refractivity contribution in [1.29, 1.82) is 0 Å². The summed E-state index contributed by atoms with van der Waals surface area (Å²) in [7, 11) is -4.80. The Balaban J connectivity index is 1.58. The number of amides is 3. The van der Waals surface area contributed by atoms with Crippen LogP contribution in [0.2, 0.25) is 0 Å². The molecule has 3 aliphatic heterocycles. The quantitative estimate of drug-likeness (QED) is 0.408. The molecule has 3 rings (SSSR count). The Morgan fingerprint density at radius 1 is 1.42 bits per heavy atom. The lowest BCUT2D eigenvalue weighted by Crippen LogP contribution is -2.50. The highest BCUT2D eigenvalue weighted by Gasteiger charge is 2.49. The van der Waals surface area contributed by atoms with Crippen LogP contribution in [0.4, 0.5) is 4.79 Å². The van der Waals surface area contributed by atoms with Gasteiger partial charge in [-0.2, -0.15) is 13.5 Å². The van der Waals surface area contributed by atoms with Gasteiger partial charge in [0.2, 0.25) is 0 Å². The summed E-state index contributed by atoms with van der Waals surface area (Å²) < 4.78 is 34.7. The Morgan fingerprint density at radius 2 is 2.17 bits per heavy atom. The van der Waals surface area contributed by atoms with E-state index in [0.717, 1.165) is 6.42 Å². The topological polar surface area (TPSA) is 138 Å². The Hall–Kier alpha value is -1.47. The first-order valence-corrected chi connectivity index (χ1v) is 9.07. The third-order valence-corrected chi connectivity index (χ3v) is 4.79. The van der Waals surface area contributed by atoms with Gasteiger partial charge >= 0.3 is 16.4 Å². The average molecular weight is 364 g/mol. The first-order valence-electron chi connectivity index (χ1n) is 7.70. The smallest absolute Gasteiger partial charge is 0.311 e. The summed E-state index contributed by atoms with van der Waals surface area (Å²) in [5, 5.41) is 3.79. The van der Waals surface area contributed by atoms with Gasteiger partial charge in [-0.05, 0) is 26.2 Å². The van der Waals surface area contributed by atoms with Gasteiger partial charge in [0, 0.05) is 19.1 Å². The van der Waals surface area contributed by atoms with Crippen molar-refractivity contribution in [3.63, 3.8) is 0 Å². The monoisotopic (exact) mass is 364 g/mol. The summed E-state index contributed by atoms with van der Waals surface area (Å²) in [6.45, 7) is 2.79. The predicted octanol–water partition coefficient (Wildman–Crippen LogP) is -1.21. The van der Waals surface area contributed by atoms with Crippen molar-refractivity contribution in [3.8, 4) is 0 Å². The molecule has 4 atom stereocenters. The van der Waals surface area contributed by atoms with E-state index in [0.29, 0.717) is 30.5 Å². The summed E-state index contributed by atoms with van der Waals surface area (Å²) in [5.41, 5.74) is 2.38. The summed E-state index contributed by atoms with van der Waals surface area (Å²) in [5.74, 6) is -0.463. The normalized spacial score (nSPS) is 33.2. The number of nitrogens with zero attached hydrogens (tertiary/aromatic N) is 2. The highest BCUT2D eigenvalue weighted by molar-refractivity contribution is 7.80. The van der Waals surface area contributed by atoms with Crippen LogP contribution in [0.3, 0.4) is 0 Å². The van der Waals surface area contributed by atoms with Crippen LogP contribution in [0, 0.1) is 0 Å². The Morgan fingerprint density at radius 3 is 2.79 bits per heavy atom. The van der Waals surface area contributed by atoms with E-state index in [-0.39, 0.29) is 12.6 Å². The molecule has 0 saturated carbocycles. The molecule has 0 aliphatic carbocycles. The van der Waals surface area contributed by atoms with Crippen molar-refractivity contribution in [2.45, 2.75) is 50.4 Å². The molecule has 0 spiro atoms. The molecule has 136 valence electrons. The summed E-state index contributed by atoms with van der Waals surface area (Å²) in [6, 6.07) is -1.75. The van der Waals surface area contributed by atoms with Crippen molar-refractivity contribution in [2.24, 2.45) is 0 Å². The fraction of sp³-hybridized carbons (Fsp3) is 0.833. The van der Waals surface area contributed by atoms with Crippen molar-refractivity contribution in [1.82, 2.24) is 20.8 Å². The molecular weight excluding hydrogens is 344 g/mol. The van der Waals surface area contributed by atoms with Gasteiger partial charge in [0.05, 0.1) is 12.1 Å². The minimum absolute atomic E-state index is 0.131. The number of urea groups is 1. The zero-order valence-corrected chi connectivity index (χ0v) is 13.9. The van der Waals surface area contributed by atoms with Gasteiger partial charge in [0.1, 0.15) is 6.04 Å². The minimum atomic E-state index is -4.80. The molecule has 1 unspecified atom stereocenters. The van der Waals surface area contributed by atoms with Crippen LogP contribution in [0.25, 0.3) is 0 Å². The molecule has 11 nitrogen and oxygen atoms in total. The number of carbonyl (C=O) groups excluding carboxylic acids is 2. The third kappa shape index (κ3) is 3.62. The van der Waals surface area contributed by atoms with E-state index in [1.54, 1.807) is 0 Å². The zero-order chi connectivity index (χ0) is 17.5. The second-order valence-electron chi connectivity index (χ2n) is 6.26. The molecule has 3 amide bonds. The lowest BCUT2D eigenvalue weighted by atomic mass is 10.0. The molecule has 0 aromatic carbocycles. The lowest BCUT2D eigenvalue weighted by Gasteiger charge is -2.29. The number of rotatable bonds is 5.